The zero-order chi connectivity index (χ0) is 22.8. The highest BCUT2D eigenvalue weighted by atomic mass is 35.5. The first-order chi connectivity index (χ1) is 15.4. The van der Waals surface area contributed by atoms with E-state index >= 15 is 0 Å². The molecule has 3 aromatic rings. The summed E-state index contributed by atoms with van der Waals surface area (Å²) < 4.78 is 5.53. The summed E-state index contributed by atoms with van der Waals surface area (Å²) in [6.45, 7) is 4.16. The second-order valence-corrected chi connectivity index (χ2v) is 7.90. The number of halogens is 1. The van der Waals surface area contributed by atoms with E-state index in [0.717, 1.165) is 11.1 Å². The number of hydrogen-bond acceptors (Lipinski definition) is 4. The number of ether oxygens (including phenoxy) is 1. The molecule has 1 N–H and O–H groups in total. The smallest absolute Gasteiger partial charge is 0.300 e. The maximum Gasteiger partial charge on any atom is 0.300 e. The number of hydrogen-bond donors (Lipinski definition) is 1. The van der Waals surface area contributed by atoms with Crippen molar-refractivity contribution in [2.75, 3.05) is 11.5 Å². The molecular weight excluding hydrogens is 426 g/mol. The van der Waals surface area contributed by atoms with Crippen LogP contribution in [0.3, 0.4) is 0 Å². The summed E-state index contributed by atoms with van der Waals surface area (Å²) in [5.74, 6) is -1.32. The molecule has 3 aromatic carbocycles. The number of aliphatic hydroxyl groups excluding tert-OH is 1. The largest absolute Gasteiger partial charge is 0.507 e. The van der Waals surface area contributed by atoms with Gasteiger partial charge in [-0.2, -0.15) is 0 Å². The van der Waals surface area contributed by atoms with Gasteiger partial charge < -0.3 is 9.84 Å². The highest BCUT2D eigenvalue weighted by Gasteiger charge is 2.47. The maximum absolute atomic E-state index is 13.2. The Balaban J connectivity index is 1.94. The summed E-state index contributed by atoms with van der Waals surface area (Å²) in [4.78, 5) is 27.7. The standard InChI is InChI=1S/C26H22ClNO4/c1-3-32-21-15-18(12-13-20(21)27)24(29)22-23(17-9-7-8-16(2)14-17)28(26(31)25(22)30)19-10-5-4-6-11-19/h4-15,23,29H,3H2,1-2H3/b24-22-. The Morgan fingerprint density at radius 3 is 2.47 bits per heavy atom. The molecule has 32 heavy (non-hydrogen) atoms. The van der Waals surface area contributed by atoms with Gasteiger partial charge in [0.2, 0.25) is 0 Å². The third-order valence-electron chi connectivity index (χ3n) is 5.34. The van der Waals surface area contributed by atoms with Crippen LogP contribution in [0.2, 0.25) is 5.02 Å². The summed E-state index contributed by atoms with van der Waals surface area (Å²) in [7, 11) is 0. The molecule has 1 heterocycles. The molecule has 0 radical (unpaired) electrons. The van der Waals surface area contributed by atoms with E-state index in [0.29, 0.717) is 28.6 Å². The lowest BCUT2D eigenvalue weighted by atomic mass is 9.94. The zero-order valence-electron chi connectivity index (χ0n) is 17.7. The number of ketones is 1. The number of Topliss-reactive ketones (excluding diaryl/α,β-unsaturated/α-hetero) is 1. The highest BCUT2D eigenvalue weighted by Crippen LogP contribution is 2.42. The van der Waals surface area contributed by atoms with Crippen LogP contribution in [0.25, 0.3) is 5.76 Å². The second-order valence-electron chi connectivity index (χ2n) is 7.50. The summed E-state index contributed by atoms with van der Waals surface area (Å²) >= 11 is 6.18. The van der Waals surface area contributed by atoms with Crippen molar-refractivity contribution >= 4 is 34.7 Å². The topological polar surface area (TPSA) is 66.8 Å². The van der Waals surface area contributed by atoms with E-state index in [4.69, 9.17) is 16.3 Å². The van der Waals surface area contributed by atoms with Crippen LogP contribution in [0.1, 0.15) is 29.7 Å². The van der Waals surface area contributed by atoms with Crippen molar-refractivity contribution in [3.05, 3.63) is 100 Å². The summed E-state index contributed by atoms with van der Waals surface area (Å²) in [6, 6.07) is 20.5. The Kier molecular flexibility index (Phi) is 6.01. The van der Waals surface area contributed by atoms with Crippen molar-refractivity contribution in [1.82, 2.24) is 0 Å². The minimum atomic E-state index is -0.775. The second kappa shape index (κ2) is 8.89. The van der Waals surface area contributed by atoms with Crippen LogP contribution in [-0.4, -0.2) is 23.4 Å². The lowest BCUT2D eigenvalue weighted by Gasteiger charge is -2.25. The van der Waals surface area contributed by atoms with Crippen LogP contribution in [-0.2, 0) is 9.59 Å². The van der Waals surface area contributed by atoms with Crippen molar-refractivity contribution < 1.29 is 19.4 Å². The predicted molar refractivity (Wildman–Crippen MR) is 125 cm³/mol. The first kappa shape index (κ1) is 21.7. The van der Waals surface area contributed by atoms with Gasteiger partial charge in [-0.25, -0.2) is 0 Å². The predicted octanol–water partition coefficient (Wildman–Crippen LogP) is 5.67. The van der Waals surface area contributed by atoms with Gasteiger partial charge >= 0.3 is 0 Å². The lowest BCUT2D eigenvalue weighted by Crippen LogP contribution is -2.29. The molecule has 1 atom stereocenters. The van der Waals surface area contributed by atoms with Crippen LogP contribution in [0.15, 0.2) is 78.4 Å². The van der Waals surface area contributed by atoms with E-state index in [1.54, 1.807) is 42.5 Å². The number of carbonyl (C=O) groups excluding carboxylic acids is 2. The third kappa shape index (κ3) is 3.87. The first-order valence-electron chi connectivity index (χ1n) is 10.3. The molecule has 1 aliphatic rings. The van der Waals surface area contributed by atoms with E-state index in [-0.39, 0.29) is 11.3 Å². The van der Waals surface area contributed by atoms with Crippen LogP contribution in [0.5, 0.6) is 5.75 Å². The lowest BCUT2D eigenvalue weighted by molar-refractivity contribution is -0.132. The fourth-order valence-corrected chi connectivity index (χ4v) is 4.09. The molecule has 162 valence electrons. The molecule has 4 rings (SSSR count). The van der Waals surface area contributed by atoms with Gasteiger partial charge in [0.15, 0.2) is 0 Å². The minimum absolute atomic E-state index is 0.0224. The first-order valence-corrected chi connectivity index (χ1v) is 10.7. The molecule has 0 bridgehead atoms. The number of para-hydroxylation sites is 1. The number of aliphatic hydroxyl groups is 1. The van der Waals surface area contributed by atoms with Crippen molar-refractivity contribution in [3.63, 3.8) is 0 Å². The molecule has 1 aliphatic heterocycles. The number of carbonyl (C=O) groups is 2. The van der Waals surface area contributed by atoms with Crippen molar-refractivity contribution in [1.29, 1.82) is 0 Å². The zero-order valence-corrected chi connectivity index (χ0v) is 18.5. The average molecular weight is 448 g/mol. The number of aryl methyl sites for hydroxylation is 1. The Morgan fingerprint density at radius 1 is 1.03 bits per heavy atom. The van der Waals surface area contributed by atoms with E-state index < -0.39 is 17.7 Å². The fraction of sp³-hybridized carbons (Fsp3) is 0.154. The molecule has 0 aliphatic carbocycles. The third-order valence-corrected chi connectivity index (χ3v) is 5.65. The van der Waals surface area contributed by atoms with Gasteiger partial charge in [0.05, 0.1) is 23.2 Å². The Labute approximate surface area is 191 Å². The van der Waals surface area contributed by atoms with Gasteiger partial charge in [-0.3, -0.25) is 14.5 Å². The van der Waals surface area contributed by atoms with Gasteiger partial charge in [0, 0.05) is 11.3 Å². The van der Waals surface area contributed by atoms with Crippen LogP contribution < -0.4 is 9.64 Å². The molecule has 0 saturated carbocycles. The SMILES string of the molecule is CCOc1cc(/C(O)=C2/C(=O)C(=O)N(c3ccccc3)C2c2cccc(C)c2)ccc1Cl. The molecular formula is C26H22ClNO4. The molecule has 1 saturated heterocycles. The maximum atomic E-state index is 13.2. The average Bonchev–Trinajstić information content (AvgIpc) is 3.06. The molecule has 1 fully saturated rings. The Hall–Kier alpha value is -3.57. The van der Waals surface area contributed by atoms with Gasteiger partial charge in [0.25, 0.3) is 11.7 Å². The van der Waals surface area contributed by atoms with Crippen molar-refractivity contribution in [2.45, 2.75) is 19.9 Å². The molecule has 1 unspecified atom stereocenters. The number of amides is 1. The molecule has 0 spiro atoms. The molecule has 0 aromatic heterocycles. The Bertz CT molecular complexity index is 1220. The minimum Gasteiger partial charge on any atom is -0.507 e. The summed E-state index contributed by atoms with van der Waals surface area (Å²) in [6.07, 6.45) is 0. The van der Waals surface area contributed by atoms with Crippen LogP contribution >= 0.6 is 11.6 Å². The monoisotopic (exact) mass is 447 g/mol. The number of rotatable bonds is 5. The van der Waals surface area contributed by atoms with E-state index in [1.165, 1.54) is 4.90 Å². The van der Waals surface area contributed by atoms with Gasteiger partial charge in [-0.1, -0.05) is 59.6 Å². The van der Waals surface area contributed by atoms with Gasteiger partial charge in [-0.05, 0) is 49.7 Å². The molecule has 5 nitrogen and oxygen atoms in total. The van der Waals surface area contributed by atoms with E-state index in [2.05, 4.69) is 0 Å². The summed E-state index contributed by atoms with van der Waals surface area (Å²) in [5, 5.41) is 11.6. The van der Waals surface area contributed by atoms with E-state index in [1.807, 2.05) is 44.2 Å². The molecule has 1 amide bonds. The normalized spacial score (nSPS) is 17.6. The van der Waals surface area contributed by atoms with Crippen LogP contribution in [0, 0.1) is 6.92 Å². The van der Waals surface area contributed by atoms with Crippen molar-refractivity contribution in [3.8, 4) is 5.75 Å². The summed E-state index contributed by atoms with van der Waals surface area (Å²) in [5.41, 5.74) is 2.65. The van der Waals surface area contributed by atoms with Gasteiger partial charge in [-0.15, -0.1) is 0 Å². The number of anilines is 1. The quantitative estimate of drug-likeness (QED) is 0.310. The van der Waals surface area contributed by atoms with E-state index in [9.17, 15) is 14.7 Å². The Morgan fingerprint density at radius 2 is 1.78 bits per heavy atom. The fourth-order valence-electron chi connectivity index (χ4n) is 3.92. The highest BCUT2D eigenvalue weighted by molar-refractivity contribution is 6.51. The molecule has 6 heteroatoms. The van der Waals surface area contributed by atoms with Gasteiger partial charge in [0.1, 0.15) is 11.5 Å². The van der Waals surface area contributed by atoms with Crippen molar-refractivity contribution in [2.24, 2.45) is 0 Å². The number of benzene rings is 3. The number of nitrogens with zero attached hydrogens (tertiary/aromatic N) is 1. The van der Waals surface area contributed by atoms with Crippen LogP contribution in [0.4, 0.5) is 5.69 Å².